The van der Waals surface area contributed by atoms with Gasteiger partial charge in [-0.3, -0.25) is 8.37 Å². The van der Waals surface area contributed by atoms with Crippen LogP contribution in [0.5, 0.6) is 0 Å². The minimum absolute atomic E-state index is 0.0701. The zero-order valence-corrected chi connectivity index (χ0v) is 35.0. The third-order valence-electron chi connectivity index (χ3n) is 11.6. The lowest BCUT2D eigenvalue weighted by molar-refractivity contribution is -0.0381. The zero-order chi connectivity index (χ0) is 38.7. The van der Waals surface area contributed by atoms with Gasteiger partial charge in [0.1, 0.15) is 11.3 Å². The van der Waals surface area contributed by atoms with Crippen LogP contribution >= 0.6 is 15.9 Å². The van der Waals surface area contributed by atoms with Crippen molar-refractivity contribution in [1.29, 1.82) is 0 Å². The maximum atomic E-state index is 13.2. The van der Waals surface area contributed by atoms with E-state index in [0.717, 1.165) is 40.4 Å². The number of rotatable bonds is 13. The van der Waals surface area contributed by atoms with Gasteiger partial charge in [-0.15, -0.1) is 0 Å². The van der Waals surface area contributed by atoms with Gasteiger partial charge in [0.25, 0.3) is 20.2 Å². The molecule has 2 aliphatic heterocycles. The number of allylic oxidation sites excluding steroid dienone is 7. The minimum Gasteiger partial charge on any atom is -0.494 e. The van der Waals surface area contributed by atoms with Gasteiger partial charge in [-0.2, -0.15) is 16.8 Å². The summed E-state index contributed by atoms with van der Waals surface area (Å²) < 4.78 is 85.8. The Morgan fingerprint density at radius 1 is 0.796 bits per heavy atom. The van der Waals surface area contributed by atoms with E-state index in [0.29, 0.717) is 31.3 Å². The number of aryl methyl sites for hydroxylation is 2. The van der Waals surface area contributed by atoms with Gasteiger partial charge < -0.3 is 14.0 Å². The van der Waals surface area contributed by atoms with E-state index in [1.54, 1.807) is 48.5 Å². The molecule has 1 fully saturated rings. The van der Waals surface area contributed by atoms with Crippen LogP contribution in [0.15, 0.2) is 115 Å². The molecule has 7 rings (SSSR count). The predicted molar refractivity (Wildman–Crippen MR) is 212 cm³/mol. The van der Waals surface area contributed by atoms with E-state index < -0.39 is 44.2 Å². The van der Waals surface area contributed by atoms with Gasteiger partial charge in [0, 0.05) is 10.4 Å². The summed E-state index contributed by atoms with van der Waals surface area (Å²) in [5.74, 6) is -0.261. The first kappa shape index (κ1) is 39.5. The van der Waals surface area contributed by atoms with Gasteiger partial charge in [-0.1, -0.05) is 63.5 Å². The molecule has 3 aliphatic carbocycles. The third-order valence-corrected chi connectivity index (χ3v) is 14.7. The summed E-state index contributed by atoms with van der Waals surface area (Å²) >= 11 is 3.80. The van der Waals surface area contributed by atoms with E-state index >= 15 is 0 Å². The van der Waals surface area contributed by atoms with Crippen molar-refractivity contribution in [1.82, 2.24) is 0 Å². The van der Waals surface area contributed by atoms with Crippen LogP contribution in [0.4, 0.5) is 0 Å². The van der Waals surface area contributed by atoms with Crippen LogP contribution in [-0.2, 0) is 42.6 Å². The smallest absolute Gasteiger partial charge is 0.494 e. The Bertz CT molecular complexity index is 2100. The fraction of sp³-hybridized carbons (Fsp3) is 0.463. The van der Waals surface area contributed by atoms with E-state index in [-0.39, 0.29) is 28.9 Å². The fourth-order valence-corrected chi connectivity index (χ4v) is 10.4. The van der Waals surface area contributed by atoms with Gasteiger partial charge in [0.15, 0.2) is 0 Å². The Balaban J connectivity index is 1.25. The van der Waals surface area contributed by atoms with Crippen molar-refractivity contribution in [3.63, 3.8) is 0 Å². The van der Waals surface area contributed by atoms with Crippen molar-refractivity contribution in [3.8, 4) is 0 Å². The SMILES string of the molecule is Cc1ccc(S(=O)(=O)OCCCC2(CCCOS(=O)(=O)c3ccc(C)cc3)OC(B3OC(C)(C)C(C)(C)O3)=C3CCC=C4CC5=CC(Br)=CC2C5=C43)cc1. The summed E-state index contributed by atoms with van der Waals surface area (Å²) in [6.07, 6.45) is 10.5. The van der Waals surface area contributed by atoms with E-state index in [2.05, 4.69) is 34.2 Å². The Labute approximate surface area is 329 Å². The number of benzene rings is 2. The van der Waals surface area contributed by atoms with Gasteiger partial charge in [0.05, 0.1) is 34.2 Å². The molecule has 2 aromatic carbocycles. The molecule has 0 spiro atoms. The lowest BCUT2D eigenvalue weighted by Gasteiger charge is -2.42. The van der Waals surface area contributed by atoms with Gasteiger partial charge in [-0.25, -0.2) is 0 Å². The molecule has 0 saturated carbocycles. The molecule has 2 heterocycles. The lowest BCUT2D eigenvalue weighted by atomic mass is 9.72. The molecule has 2 aromatic rings. The highest BCUT2D eigenvalue weighted by atomic mass is 79.9. The average molecular weight is 840 g/mol. The largest absolute Gasteiger partial charge is 0.532 e. The number of hydrogen-bond donors (Lipinski definition) is 0. The first-order valence-corrected chi connectivity index (χ1v) is 22.2. The molecule has 5 aliphatic rings. The summed E-state index contributed by atoms with van der Waals surface area (Å²) in [6.45, 7) is 11.7. The van der Waals surface area contributed by atoms with E-state index in [1.165, 1.54) is 22.3 Å². The van der Waals surface area contributed by atoms with Crippen molar-refractivity contribution < 1.29 is 39.2 Å². The van der Waals surface area contributed by atoms with Crippen LogP contribution in [0.3, 0.4) is 0 Å². The summed E-state index contributed by atoms with van der Waals surface area (Å²) in [5, 5.41) is 0. The highest BCUT2D eigenvalue weighted by Gasteiger charge is 2.58. The summed E-state index contributed by atoms with van der Waals surface area (Å²) in [6, 6.07) is 13.2. The molecule has 9 nitrogen and oxygen atoms in total. The Morgan fingerprint density at radius 2 is 1.31 bits per heavy atom. The minimum atomic E-state index is -4.00. The zero-order valence-electron chi connectivity index (χ0n) is 31.7. The van der Waals surface area contributed by atoms with E-state index in [4.69, 9.17) is 22.4 Å². The summed E-state index contributed by atoms with van der Waals surface area (Å²) in [5.41, 5.74) is 6.19. The maximum absolute atomic E-state index is 13.2. The molecule has 0 N–H and O–H groups in total. The Hall–Kier alpha value is -2.78. The standard InChI is InChI=1S/C41H48BBrO9S2/c1-27-12-16-32(17-13-27)53(44,45)48-22-8-20-41(21-9-23-49-54(46,47)33-18-14-28(2)15-19-33)35-26-31(43)25-30-24-29-10-7-11-34(36(29)37(30)35)38(50-41)42-51-39(3,4)40(5,6)52-42/h10,12-19,25-26,35H,7-9,11,20-24H2,1-6H3. The molecule has 0 bridgehead atoms. The van der Waals surface area contributed by atoms with Crippen LogP contribution in [0, 0.1) is 19.8 Å². The van der Waals surface area contributed by atoms with Gasteiger partial charge >= 0.3 is 7.12 Å². The monoisotopic (exact) mass is 838 g/mol. The van der Waals surface area contributed by atoms with Crippen molar-refractivity contribution in [2.45, 2.75) is 113 Å². The number of hydrogen-bond acceptors (Lipinski definition) is 9. The van der Waals surface area contributed by atoms with Crippen molar-refractivity contribution in [3.05, 3.63) is 116 Å². The topological polar surface area (TPSA) is 114 Å². The highest BCUT2D eigenvalue weighted by Crippen LogP contribution is 2.58. The Morgan fingerprint density at radius 3 is 1.83 bits per heavy atom. The molecular weight excluding hydrogens is 791 g/mol. The van der Waals surface area contributed by atoms with Crippen LogP contribution in [0.2, 0.25) is 0 Å². The third kappa shape index (κ3) is 7.54. The molecule has 1 unspecified atom stereocenters. The number of ether oxygens (including phenoxy) is 1. The molecule has 0 radical (unpaired) electrons. The fourth-order valence-electron chi connectivity index (χ4n) is 8.02. The molecule has 1 atom stereocenters. The first-order valence-electron chi connectivity index (χ1n) is 18.6. The van der Waals surface area contributed by atoms with Gasteiger partial charge in [-0.05, 0) is 145 Å². The second kappa shape index (κ2) is 14.6. The molecule has 0 aromatic heterocycles. The molecule has 54 heavy (non-hydrogen) atoms. The van der Waals surface area contributed by atoms with Gasteiger partial charge in [0.2, 0.25) is 0 Å². The van der Waals surface area contributed by atoms with Crippen LogP contribution in [0.1, 0.15) is 83.8 Å². The van der Waals surface area contributed by atoms with Crippen LogP contribution < -0.4 is 0 Å². The summed E-state index contributed by atoms with van der Waals surface area (Å²) in [4.78, 5) is 0.201. The molecule has 288 valence electrons. The molecule has 0 amide bonds. The van der Waals surface area contributed by atoms with E-state index in [1.807, 2.05) is 41.5 Å². The van der Waals surface area contributed by atoms with Crippen molar-refractivity contribution >= 4 is 43.3 Å². The second-order valence-corrected chi connectivity index (χ2v) is 20.1. The maximum Gasteiger partial charge on any atom is 0.532 e. The van der Waals surface area contributed by atoms with Crippen LogP contribution in [-0.4, -0.2) is 54.0 Å². The molecule has 13 heteroatoms. The van der Waals surface area contributed by atoms with Crippen LogP contribution in [0.25, 0.3) is 0 Å². The predicted octanol–water partition coefficient (Wildman–Crippen LogP) is 8.88. The van der Waals surface area contributed by atoms with E-state index in [9.17, 15) is 16.8 Å². The quantitative estimate of drug-likeness (QED) is 0.111. The average Bonchev–Trinajstić information content (AvgIpc) is 3.54. The van der Waals surface area contributed by atoms with Crippen molar-refractivity contribution in [2.24, 2.45) is 5.92 Å². The second-order valence-electron chi connectivity index (χ2n) is 15.9. The summed E-state index contributed by atoms with van der Waals surface area (Å²) in [7, 11) is -8.78. The molecular formula is C41H48BBrO9S2. The lowest BCUT2D eigenvalue weighted by Crippen LogP contribution is -2.44. The first-order chi connectivity index (χ1) is 25.4. The Kier molecular flexibility index (Phi) is 10.7. The highest BCUT2D eigenvalue weighted by molar-refractivity contribution is 9.11. The normalized spacial score (nSPS) is 22.7. The molecule has 1 saturated heterocycles. The number of halogens is 1. The van der Waals surface area contributed by atoms with Crippen molar-refractivity contribution in [2.75, 3.05) is 13.2 Å².